The Morgan fingerprint density at radius 3 is 2.76 bits per heavy atom. The van der Waals surface area contributed by atoms with Crippen molar-refractivity contribution < 1.29 is 9.53 Å². The number of hydrogen-bond acceptors (Lipinski definition) is 5. The smallest absolute Gasteiger partial charge is 0.251 e. The van der Waals surface area contributed by atoms with E-state index in [-0.39, 0.29) is 5.91 Å². The molecular formula is C15H26N4O2. The number of carbonyl (C=O) groups is 1. The number of ether oxygens (including phenoxy) is 1. The summed E-state index contributed by atoms with van der Waals surface area (Å²) < 4.78 is 5.44. The Hall–Kier alpha value is -1.66. The Balaban J connectivity index is 2.38. The lowest BCUT2D eigenvalue weighted by Gasteiger charge is -2.11. The lowest BCUT2D eigenvalue weighted by atomic mass is 10.2. The van der Waals surface area contributed by atoms with Crippen LogP contribution in [-0.4, -0.2) is 62.7 Å². The van der Waals surface area contributed by atoms with Gasteiger partial charge in [-0.05, 0) is 40.1 Å². The number of hydrogen-bond donors (Lipinski definition) is 2. The number of aromatic nitrogens is 1. The highest BCUT2D eigenvalue weighted by molar-refractivity contribution is 5.94. The fraction of sp³-hybridized carbons (Fsp3) is 0.600. The molecule has 0 aliphatic heterocycles. The van der Waals surface area contributed by atoms with Crippen LogP contribution >= 0.6 is 0 Å². The van der Waals surface area contributed by atoms with Crippen LogP contribution in [0.2, 0.25) is 0 Å². The minimum absolute atomic E-state index is 0.101. The Labute approximate surface area is 126 Å². The van der Waals surface area contributed by atoms with Gasteiger partial charge >= 0.3 is 0 Å². The first kappa shape index (κ1) is 17.4. The molecule has 0 fully saturated rings. The fourth-order valence-electron chi connectivity index (χ4n) is 1.76. The van der Waals surface area contributed by atoms with Crippen LogP contribution in [0.25, 0.3) is 0 Å². The molecule has 118 valence electrons. The van der Waals surface area contributed by atoms with Gasteiger partial charge in [0.05, 0.1) is 13.2 Å². The largest absolute Gasteiger partial charge is 0.378 e. The van der Waals surface area contributed by atoms with Crippen LogP contribution in [0.4, 0.5) is 5.82 Å². The van der Waals surface area contributed by atoms with Crippen molar-refractivity contribution >= 4 is 11.7 Å². The van der Waals surface area contributed by atoms with Gasteiger partial charge < -0.3 is 20.3 Å². The van der Waals surface area contributed by atoms with Crippen LogP contribution in [0.5, 0.6) is 0 Å². The highest BCUT2D eigenvalue weighted by atomic mass is 16.5. The molecule has 2 N–H and O–H groups in total. The van der Waals surface area contributed by atoms with Crippen LogP contribution < -0.4 is 10.6 Å². The number of pyridine rings is 1. The van der Waals surface area contributed by atoms with Crippen molar-refractivity contribution in [3.63, 3.8) is 0 Å². The number of amides is 1. The van der Waals surface area contributed by atoms with Gasteiger partial charge in [0, 0.05) is 30.9 Å². The van der Waals surface area contributed by atoms with E-state index in [0.717, 1.165) is 24.6 Å². The molecule has 0 radical (unpaired) electrons. The zero-order chi connectivity index (χ0) is 15.7. The molecule has 0 spiro atoms. The van der Waals surface area contributed by atoms with E-state index in [9.17, 15) is 4.79 Å². The van der Waals surface area contributed by atoms with E-state index in [1.54, 1.807) is 12.1 Å². The summed E-state index contributed by atoms with van der Waals surface area (Å²) in [6, 6.07) is 3.54. The molecule has 0 aliphatic rings. The lowest BCUT2D eigenvalue weighted by Crippen LogP contribution is -2.28. The summed E-state index contributed by atoms with van der Waals surface area (Å²) >= 11 is 0. The molecule has 1 amide bonds. The molecule has 21 heavy (non-hydrogen) atoms. The summed E-state index contributed by atoms with van der Waals surface area (Å²) in [5.74, 6) is 0.626. The summed E-state index contributed by atoms with van der Waals surface area (Å²) in [6.45, 7) is 7.22. The van der Waals surface area contributed by atoms with Gasteiger partial charge in [0.25, 0.3) is 5.91 Å². The van der Waals surface area contributed by atoms with Crippen molar-refractivity contribution in [2.75, 3.05) is 52.3 Å². The zero-order valence-electron chi connectivity index (χ0n) is 13.4. The van der Waals surface area contributed by atoms with E-state index >= 15 is 0 Å². The van der Waals surface area contributed by atoms with E-state index < -0.39 is 0 Å². The van der Waals surface area contributed by atoms with Gasteiger partial charge in [-0.25, -0.2) is 4.98 Å². The van der Waals surface area contributed by atoms with Crippen molar-refractivity contribution in [3.05, 3.63) is 23.4 Å². The molecule has 6 heteroatoms. The van der Waals surface area contributed by atoms with E-state index in [0.29, 0.717) is 25.3 Å². The normalized spacial score (nSPS) is 10.7. The number of anilines is 1. The first-order chi connectivity index (χ1) is 10.0. The van der Waals surface area contributed by atoms with E-state index in [4.69, 9.17) is 4.74 Å². The zero-order valence-corrected chi connectivity index (χ0v) is 13.4. The standard InChI is InChI=1S/C15H26N4O2/c1-5-16-14-11-13(10-12(2)18-14)15(20)17-6-8-21-9-7-19(3)4/h10-11H,5-9H2,1-4H3,(H,16,18)(H,17,20). The molecule has 1 aromatic heterocycles. The van der Waals surface area contributed by atoms with Gasteiger partial charge in [-0.15, -0.1) is 0 Å². The van der Waals surface area contributed by atoms with Crippen LogP contribution in [-0.2, 0) is 4.74 Å². The van der Waals surface area contributed by atoms with Crippen LogP contribution in [0.3, 0.4) is 0 Å². The Morgan fingerprint density at radius 1 is 1.33 bits per heavy atom. The average Bonchev–Trinajstić information content (AvgIpc) is 2.41. The maximum Gasteiger partial charge on any atom is 0.251 e. The molecule has 6 nitrogen and oxygen atoms in total. The molecular weight excluding hydrogens is 268 g/mol. The second-order valence-corrected chi connectivity index (χ2v) is 5.08. The fourth-order valence-corrected chi connectivity index (χ4v) is 1.76. The molecule has 0 unspecified atom stereocenters. The SMILES string of the molecule is CCNc1cc(C(=O)NCCOCCN(C)C)cc(C)n1. The first-order valence-electron chi connectivity index (χ1n) is 7.26. The first-order valence-corrected chi connectivity index (χ1v) is 7.26. The molecule has 1 aromatic rings. The monoisotopic (exact) mass is 294 g/mol. The summed E-state index contributed by atoms with van der Waals surface area (Å²) in [4.78, 5) is 18.4. The van der Waals surface area contributed by atoms with Gasteiger partial charge in [0.2, 0.25) is 0 Å². The summed E-state index contributed by atoms with van der Waals surface area (Å²) in [7, 11) is 4.00. The van der Waals surface area contributed by atoms with E-state index in [2.05, 4.69) is 20.5 Å². The number of aryl methyl sites for hydroxylation is 1. The summed E-state index contributed by atoms with van der Waals surface area (Å²) in [5, 5.41) is 5.97. The van der Waals surface area contributed by atoms with Gasteiger partial charge in [-0.2, -0.15) is 0 Å². The van der Waals surface area contributed by atoms with Gasteiger partial charge in [0.15, 0.2) is 0 Å². The van der Waals surface area contributed by atoms with Crippen LogP contribution in [0.15, 0.2) is 12.1 Å². The predicted molar refractivity (Wildman–Crippen MR) is 84.8 cm³/mol. The molecule has 1 heterocycles. The minimum Gasteiger partial charge on any atom is -0.378 e. The van der Waals surface area contributed by atoms with Gasteiger partial charge in [-0.3, -0.25) is 4.79 Å². The highest BCUT2D eigenvalue weighted by Crippen LogP contribution is 2.09. The third kappa shape index (κ3) is 7.06. The van der Waals surface area contributed by atoms with Crippen molar-refractivity contribution in [2.45, 2.75) is 13.8 Å². The quantitative estimate of drug-likeness (QED) is 0.668. The molecule has 0 bridgehead atoms. The molecule has 0 atom stereocenters. The van der Waals surface area contributed by atoms with Crippen molar-refractivity contribution in [3.8, 4) is 0 Å². The number of rotatable bonds is 9. The maximum absolute atomic E-state index is 12.1. The number of carbonyl (C=O) groups excluding carboxylic acids is 1. The maximum atomic E-state index is 12.1. The predicted octanol–water partition coefficient (Wildman–Crippen LogP) is 1.13. The minimum atomic E-state index is -0.101. The van der Waals surface area contributed by atoms with E-state index in [1.807, 2.05) is 27.9 Å². The van der Waals surface area contributed by atoms with E-state index in [1.165, 1.54) is 0 Å². The van der Waals surface area contributed by atoms with Gasteiger partial charge in [-0.1, -0.05) is 0 Å². The molecule has 0 aliphatic carbocycles. The second-order valence-electron chi connectivity index (χ2n) is 5.08. The van der Waals surface area contributed by atoms with Crippen molar-refractivity contribution in [1.29, 1.82) is 0 Å². The molecule has 1 rings (SSSR count). The Kier molecular flexibility index (Phi) is 7.71. The molecule has 0 saturated heterocycles. The third-order valence-electron chi connectivity index (χ3n) is 2.79. The van der Waals surface area contributed by atoms with Crippen LogP contribution in [0.1, 0.15) is 23.0 Å². The molecule has 0 aromatic carbocycles. The number of nitrogens with zero attached hydrogens (tertiary/aromatic N) is 2. The number of likely N-dealkylation sites (N-methyl/N-ethyl adjacent to an activating group) is 1. The highest BCUT2D eigenvalue weighted by Gasteiger charge is 2.07. The second kappa shape index (κ2) is 9.31. The van der Waals surface area contributed by atoms with Crippen molar-refractivity contribution in [2.24, 2.45) is 0 Å². The lowest BCUT2D eigenvalue weighted by molar-refractivity contribution is 0.0900. The summed E-state index contributed by atoms with van der Waals surface area (Å²) in [5.41, 5.74) is 1.44. The number of nitrogens with one attached hydrogen (secondary N) is 2. The summed E-state index contributed by atoms with van der Waals surface area (Å²) in [6.07, 6.45) is 0. The average molecular weight is 294 g/mol. The Bertz CT molecular complexity index is 449. The van der Waals surface area contributed by atoms with Crippen LogP contribution in [0, 0.1) is 6.92 Å². The third-order valence-corrected chi connectivity index (χ3v) is 2.79. The van der Waals surface area contributed by atoms with Crippen molar-refractivity contribution in [1.82, 2.24) is 15.2 Å². The Morgan fingerprint density at radius 2 is 2.10 bits per heavy atom. The van der Waals surface area contributed by atoms with Gasteiger partial charge in [0.1, 0.15) is 5.82 Å². The molecule has 0 saturated carbocycles. The topological polar surface area (TPSA) is 66.5 Å².